The van der Waals surface area contributed by atoms with Crippen LogP contribution < -0.4 is 5.32 Å². The molecule has 1 N–H and O–H groups in total. The van der Waals surface area contributed by atoms with Gasteiger partial charge in [0.1, 0.15) is 10.7 Å². The summed E-state index contributed by atoms with van der Waals surface area (Å²) in [5.74, 6) is -1.44. The fourth-order valence-corrected chi connectivity index (χ4v) is 3.11. The van der Waals surface area contributed by atoms with Crippen LogP contribution in [0.1, 0.15) is 29.6 Å². The lowest BCUT2D eigenvalue weighted by Gasteiger charge is -2.26. The minimum atomic E-state index is -4.23. The molecule has 1 amide bonds. The molecule has 1 aromatic carbocycles. The van der Waals surface area contributed by atoms with Crippen LogP contribution in [-0.4, -0.2) is 20.4 Å². The highest BCUT2D eigenvalue weighted by Gasteiger charge is 2.24. The molecule has 0 spiro atoms. The molecule has 1 aromatic rings. The molecule has 0 bridgehead atoms. The van der Waals surface area contributed by atoms with E-state index in [9.17, 15) is 17.6 Å². The van der Waals surface area contributed by atoms with Crippen LogP contribution in [0.2, 0.25) is 0 Å². The average molecular weight is 371 g/mol. The van der Waals surface area contributed by atoms with Crippen LogP contribution in [0.5, 0.6) is 0 Å². The van der Waals surface area contributed by atoms with E-state index in [4.69, 9.17) is 10.7 Å². The fraction of sp³-hybridized carbons (Fsp3) is 0.364. The highest BCUT2D eigenvalue weighted by molar-refractivity contribution is 9.10. The predicted octanol–water partition coefficient (Wildman–Crippen LogP) is 2.80. The highest BCUT2D eigenvalue weighted by atomic mass is 79.9. The Balaban J connectivity index is 2.36. The Morgan fingerprint density at radius 2 is 2.05 bits per heavy atom. The van der Waals surface area contributed by atoms with Crippen molar-refractivity contribution in [1.82, 2.24) is 5.32 Å². The highest BCUT2D eigenvalue weighted by Crippen LogP contribution is 2.27. The Morgan fingerprint density at radius 3 is 2.53 bits per heavy atom. The van der Waals surface area contributed by atoms with E-state index in [2.05, 4.69) is 21.2 Å². The minimum Gasteiger partial charge on any atom is -0.349 e. The molecule has 0 aromatic heterocycles. The lowest BCUT2D eigenvalue weighted by atomic mass is 9.93. The third kappa shape index (κ3) is 3.27. The second-order valence-corrected chi connectivity index (χ2v) is 7.69. The molecular weight excluding hydrogens is 361 g/mol. The maximum Gasteiger partial charge on any atom is 0.264 e. The molecule has 8 heteroatoms. The van der Waals surface area contributed by atoms with E-state index >= 15 is 0 Å². The third-order valence-electron chi connectivity index (χ3n) is 2.97. The number of carbonyl (C=O) groups is 1. The molecule has 0 saturated heterocycles. The van der Waals surface area contributed by atoms with Crippen LogP contribution in [0.25, 0.3) is 0 Å². The van der Waals surface area contributed by atoms with Gasteiger partial charge >= 0.3 is 0 Å². The quantitative estimate of drug-likeness (QED) is 0.832. The summed E-state index contributed by atoms with van der Waals surface area (Å²) in [5.41, 5.74) is 0.0486. The molecule has 1 aliphatic carbocycles. The van der Waals surface area contributed by atoms with Crippen molar-refractivity contribution in [3.63, 3.8) is 0 Å². The Labute approximate surface area is 122 Å². The van der Waals surface area contributed by atoms with E-state index in [0.717, 1.165) is 31.4 Å². The zero-order chi connectivity index (χ0) is 14.2. The Morgan fingerprint density at radius 1 is 1.42 bits per heavy atom. The predicted molar refractivity (Wildman–Crippen MR) is 72.2 cm³/mol. The van der Waals surface area contributed by atoms with Crippen molar-refractivity contribution in [3.05, 3.63) is 28.0 Å². The van der Waals surface area contributed by atoms with Crippen LogP contribution in [0.4, 0.5) is 4.39 Å². The molecule has 1 aliphatic rings. The van der Waals surface area contributed by atoms with Crippen LogP contribution >= 0.6 is 26.6 Å². The first-order valence-corrected chi connectivity index (χ1v) is 8.64. The summed E-state index contributed by atoms with van der Waals surface area (Å²) in [6.07, 6.45) is 2.84. The van der Waals surface area contributed by atoms with E-state index in [1.165, 1.54) is 0 Å². The van der Waals surface area contributed by atoms with Gasteiger partial charge in [-0.1, -0.05) is 0 Å². The van der Waals surface area contributed by atoms with Crippen molar-refractivity contribution in [3.8, 4) is 0 Å². The summed E-state index contributed by atoms with van der Waals surface area (Å²) in [6.45, 7) is 0. The number of hydrogen-bond donors (Lipinski definition) is 1. The summed E-state index contributed by atoms with van der Waals surface area (Å²) in [6, 6.07) is 1.96. The van der Waals surface area contributed by atoms with E-state index in [1.54, 1.807) is 0 Å². The Hall–Kier alpha value is -0.660. The monoisotopic (exact) mass is 369 g/mol. The number of hydrogen-bond acceptors (Lipinski definition) is 3. The number of carbonyl (C=O) groups excluding carboxylic acids is 1. The molecular formula is C11H10BrClFNO3S. The van der Waals surface area contributed by atoms with Gasteiger partial charge in [0.05, 0.1) is 5.56 Å². The van der Waals surface area contributed by atoms with Crippen molar-refractivity contribution in [2.45, 2.75) is 30.2 Å². The molecule has 0 radical (unpaired) electrons. The van der Waals surface area contributed by atoms with Crippen LogP contribution in [-0.2, 0) is 9.05 Å². The number of rotatable bonds is 3. The smallest absolute Gasteiger partial charge is 0.264 e. The van der Waals surface area contributed by atoms with Gasteiger partial charge in [-0.15, -0.1) is 0 Å². The maximum absolute atomic E-state index is 13.5. The molecule has 1 saturated carbocycles. The zero-order valence-corrected chi connectivity index (χ0v) is 12.8. The SMILES string of the molecule is O=C(NC1CCC1)c1cc(S(=O)(=O)Cl)c(F)cc1Br. The molecule has 0 unspecified atom stereocenters. The first-order chi connectivity index (χ1) is 8.79. The summed E-state index contributed by atoms with van der Waals surface area (Å²) < 4.78 is 36.1. The van der Waals surface area contributed by atoms with Crippen molar-refractivity contribution in [1.29, 1.82) is 0 Å². The lowest BCUT2D eigenvalue weighted by Crippen LogP contribution is -2.39. The lowest BCUT2D eigenvalue weighted by molar-refractivity contribution is 0.0916. The van der Waals surface area contributed by atoms with E-state index in [1.807, 2.05) is 0 Å². The van der Waals surface area contributed by atoms with Gasteiger partial charge in [-0.2, -0.15) is 0 Å². The molecule has 0 aliphatic heterocycles. The molecule has 104 valence electrons. The second kappa shape index (κ2) is 5.38. The molecule has 19 heavy (non-hydrogen) atoms. The van der Waals surface area contributed by atoms with Crippen LogP contribution in [0.15, 0.2) is 21.5 Å². The summed E-state index contributed by atoms with van der Waals surface area (Å²) in [7, 11) is 0.892. The molecule has 2 rings (SSSR count). The largest absolute Gasteiger partial charge is 0.349 e. The maximum atomic E-state index is 13.5. The van der Waals surface area contributed by atoms with Gasteiger partial charge in [0, 0.05) is 21.2 Å². The minimum absolute atomic E-state index is 0.0486. The van der Waals surface area contributed by atoms with Gasteiger partial charge in [0.2, 0.25) is 0 Å². The second-order valence-electron chi connectivity index (χ2n) is 4.30. The van der Waals surface area contributed by atoms with Crippen LogP contribution in [0.3, 0.4) is 0 Å². The van der Waals surface area contributed by atoms with Crippen LogP contribution in [0, 0.1) is 5.82 Å². The molecule has 1 fully saturated rings. The number of nitrogens with one attached hydrogen (secondary N) is 1. The summed E-state index contributed by atoms with van der Waals surface area (Å²) in [5, 5.41) is 2.74. The number of benzene rings is 1. The fourth-order valence-electron chi connectivity index (χ4n) is 1.71. The van der Waals surface area contributed by atoms with E-state index in [0.29, 0.717) is 0 Å². The average Bonchev–Trinajstić information content (AvgIpc) is 2.21. The molecule has 0 atom stereocenters. The first kappa shape index (κ1) is 14.7. The number of halogens is 3. The normalized spacial score (nSPS) is 15.9. The zero-order valence-electron chi connectivity index (χ0n) is 9.62. The van der Waals surface area contributed by atoms with Gasteiger partial charge in [-0.3, -0.25) is 4.79 Å². The number of amides is 1. The standard InChI is InChI=1S/C11H10BrClFNO3S/c12-8-5-9(14)10(19(13,17)18)4-7(8)11(16)15-6-2-1-3-6/h4-6H,1-3H2,(H,15,16). The summed E-state index contributed by atoms with van der Waals surface area (Å²) in [4.78, 5) is 11.3. The Bertz CT molecular complexity index is 631. The van der Waals surface area contributed by atoms with Gasteiger partial charge in [0.15, 0.2) is 0 Å². The molecule has 4 nitrogen and oxygen atoms in total. The van der Waals surface area contributed by atoms with E-state index < -0.39 is 25.7 Å². The van der Waals surface area contributed by atoms with Gasteiger partial charge < -0.3 is 5.32 Å². The van der Waals surface area contributed by atoms with Gasteiger partial charge in [0.25, 0.3) is 15.0 Å². The first-order valence-electron chi connectivity index (χ1n) is 5.53. The van der Waals surface area contributed by atoms with Crippen molar-refractivity contribution in [2.75, 3.05) is 0 Å². The van der Waals surface area contributed by atoms with Crippen molar-refractivity contribution < 1.29 is 17.6 Å². The molecule has 0 heterocycles. The van der Waals surface area contributed by atoms with Gasteiger partial charge in [-0.05, 0) is 47.3 Å². The summed E-state index contributed by atoms with van der Waals surface area (Å²) >= 11 is 3.04. The van der Waals surface area contributed by atoms with Gasteiger partial charge in [-0.25, -0.2) is 12.8 Å². The van der Waals surface area contributed by atoms with E-state index in [-0.39, 0.29) is 16.1 Å². The topological polar surface area (TPSA) is 63.2 Å². The Kier molecular flexibility index (Phi) is 4.17. The van der Waals surface area contributed by atoms with Crippen molar-refractivity contribution in [2.24, 2.45) is 0 Å². The van der Waals surface area contributed by atoms with Crippen molar-refractivity contribution >= 4 is 41.6 Å². The third-order valence-corrected chi connectivity index (χ3v) is 4.96.